The van der Waals surface area contributed by atoms with Crippen molar-refractivity contribution in [1.29, 1.82) is 0 Å². The van der Waals surface area contributed by atoms with Crippen molar-refractivity contribution in [3.63, 3.8) is 0 Å². The lowest BCUT2D eigenvalue weighted by molar-refractivity contribution is -0.116. The molecule has 0 spiro atoms. The van der Waals surface area contributed by atoms with E-state index in [9.17, 15) is 9.59 Å². The summed E-state index contributed by atoms with van der Waals surface area (Å²) in [5.41, 5.74) is 1.34. The average molecular weight is 370 g/mol. The summed E-state index contributed by atoms with van der Waals surface area (Å²) in [7, 11) is 1.86. The Hall–Kier alpha value is -1.63. The molecule has 2 amide bonds. The number of amides is 2. The largest absolute Gasteiger partial charge is 0.372 e. The summed E-state index contributed by atoms with van der Waals surface area (Å²) in [5, 5.41) is 5.86. The summed E-state index contributed by atoms with van der Waals surface area (Å²) in [6.45, 7) is 5.97. The number of carbonyl (C=O) groups excluding carboxylic acids is 2. The van der Waals surface area contributed by atoms with Gasteiger partial charge in [0.1, 0.15) is 0 Å². The number of morpholine rings is 1. The van der Waals surface area contributed by atoms with E-state index in [0.29, 0.717) is 30.8 Å². The highest BCUT2D eigenvalue weighted by atomic mass is 35.5. The van der Waals surface area contributed by atoms with E-state index in [1.807, 2.05) is 25.8 Å². The predicted octanol–water partition coefficient (Wildman–Crippen LogP) is 2.30. The zero-order valence-corrected chi connectivity index (χ0v) is 15.9. The smallest absolute Gasteiger partial charge is 0.254 e. The van der Waals surface area contributed by atoms with Crippen LogP contribution in [0.4, 0.5) is 5.69 Å². The number of anilines is 1. The van der Waals surface area contributed by atoms with Gasteiger partial charge in [-0.2, -0.15) is 0 Å². The fourth-order valence-electron chi connectivity index (χ4n) is 2.87. The minimum absolute atomic E-state index is 0. The van der Waals surface area contributed by atoms with E-state index in [1.54, 1.807) is 24.3 Å². The van der Waals surface area contributed by atoms with Gasteiger partial charge in [0.05, 0.1) is 12.2 Å². The molecule has 1 aliphatic rings. The van der Waals surface area contributed by atoms with Crippen LogP contribution in [-0.4, -0.2) is 55.6 Å². The molecule has 1 heterocycles. The minimum atomic E-state index is -0.0137. The first-order valence-corrected chi connectivity index (χ1v) is 8.49. The summed E-state index contributed by atoms with van der Waals surface area (Å²) >= 11 is 0. The Morgan fingerprint density at radius 3 is 2.32 bits per heavy atom. The molecule has 7 heteroatoms. The standard InChI is InChI=1S/C18H27N3O3.ClH/c1-13-11-21(12-14(2)24-13)18(23)15-6-8-16(9-7-15)20-17(22)5-4-10-19-3;/h6-9,13-14,19H,4-5,10-12H2,1-3H3,(H,20,22);1H. The number of hydrogen-bond donors (Lipinski definition) is 2. The first kappa shape index (κ1) is 21.4. The zero-order valence-electron chi connectivity index (χ0n) is 15.1. The second-order valence-electron chi connectivity index (χ2n) is 6.30. The molecular formula is C18H28ClN3O3. The molecule has 2 rings (SSSR count). The van der Waals surface area contributed by atoms with Crippen LogP contribution in [0.5, 0.6) is 0 Å². The van der Waals surface area contributed by atoms with Crippen LogP contribution >= 0.6 is 12.4 Å². The molecular weight excluding hydrogens is 342 g/mol. The van der Waals surface area contributed by atoms with Gasteiger partial charge in [-0.1, -0.05) is 0 Å². The maximum Gasteiger partial charge on any atom is 0.254 e. The highest BCUT2D eigenvalue weighted by Gasteiger charge is 2.26. The van der Waals surface area contributed by atoms with Crippen molar-refractivity contribution in [3.8, 4) is 0 Å². The number of nitrogens with zero attached hydrogens (tertiary/aromatic N) is 1. The Labute approximate surface area is 155 Å². The number of nitrogens with one attached hydrogen (secondary N) is 2. The molecule has 2 atom stereocenters. The summed E-state index contributed by atoms with van der Waals surface area (Å²) in [5.74, 6) is -0.0101. The van der Waals surface area contributed by atoms with Gasteiger partial charge >= 0.3 is 0 Å². The van der Waals surface area contributed by atoms with Gasteiger partial charge in [0.2, 0.25) is 5.91 Å². The summed E-state index contributed by atoms with van der Waals surface area (Å²) in [4.78, 5) is 26.2. The Balaban J connectivity index is 0.00000312. The number of rotatable bonds is 6. The van der Waals surface area contributed by atoms with Gasteiger partial charge in [-0.3, -0.25) is 9.59 Å². The third-order valence-electron chi connectivity index (χ3n) is 3.95. The predicted molar refractivity (Wildman–Crippen MR) is 101 cm³/mol. The maximum atomic E-state index is 12.6. The lowest BCUT2D eigenvalue weighted by Crippen LogP contribution is -2.48. The quantitative estimate of drug-likeness (QED) is 0.755. The topological polar surface area (TPSA) is 70.7 Å². The van der Waals surface area contributed by atoms with Gasteiger partial charge in [-0.05, 0) is 58.1 Å². The Morgan fingerprint density at radius 1 is 1.16 bits per heavy atom. The lowest BCUT2D eigenvalue weighted by Gasteiger charge is -2.35. The summed E-state index contributed by atoms with van der Waals surface area (Å²) in [6.07, 6.45) is 1.37. The van der Waals surface area contributed by atoms with Crippen LogP contribution < -0.4 is 10.6 Å². The van der Waals surface area contributed by atoms with Gasteiger partial charge in [0.25, 0.3) is 5.91 Å². The second kappa shape index (κ2) is 10.4. The molecule has 0 aromatic heterocycles. The zero-order chi connectivity index (χ0) is 17.5. The van der Waals surface area contributed by atoms with Gasteiger partial charge in [-0.15, -0.1) is 12.4 Å². The van der Waals surface area contributed by atoms with Crippen LogP contribution in [0.3, 0.4) is 0 Å². The molecule has 1 aliphatic heterocycles. The molecule has 6 nitrogen and oxygen atoms in total. The second-order valence-corrected chi connectivity index (χ2v) is 6.30. The number of halogens is 1. The van der Waals surface area contributed by atoms with E-state index in [2.05, 4.69) is 10.6 Å². The molecule has 1 aromatic rings. The highest BCUT2D eigenvalue weighted by Crippen LogP contribution is 2.16. The third kappa shape index (κ3) is 6.65. The van der Waals surface area contributed by atoms with Crippen molar-refractivity contribution in [2.24, 2.45) is 0 Å². The highest BCUT2D eigenvalue weighted by molar-refractivity contribution is 5.96. The Kier molecular flexibility index (Phi) is 8.89. The van der Waals surface area contributed by atoms with Gasteiger partial charge in [-0.25, -0.2) is 0 Å². The van der Waals surface area contributed by atoms with E-state index in [1.165, 1.54) is 0 Å². The lowest BCUT2D eigenvalue weighted by atomic mass is 10.1. The van der Waals surface area contributed by atoms with Crippen LogP contribution in [0.25, 0.3) is 0 Å². The van der Waals surface area contributed by atoms with Gasteiger partial charge in [0, 0.05) is 30.8 Å². The molecule has 2 unspecified atom stereocenters. The van der Waals surface area contributed by atoms with E-state index in [4.69, 9.17) is 4.74 Å². The fraction of sp³-hybridized carbons (Fsp3) is 0.556. The van der Waals surface area contributed by atoms with Crippen LogP contribution in [-0.2, 0) is 9.53 Å². The Morgan fingerprint density at radius 2 is 1.76 bits per heavy atom. The van der Waals surface area contributed by atoms with E-state index < -0.39 is 0 Å². The van der Waals surface area contributed by atoms with Crippen molar-refractivity contribution >= 4 is 29.9 Å². The van der Waals surface area contributed by atoms with Crippen LogP contribution in [0, 0.1) is 0 Å². The minimum Gasteiger partial charge on any atom is -0.372 e. The van der Waals surface area contributed by atoms with Crippen molar-refractivity contribution in [3.05, 3.63) is 29.8 Å². The number of hydrogen-bond acceptors (Lipinski definition) is 4. The molecule has 1 fully saturated rings. The van der Waals surface area contributed by atoms with Crippen molar-refractivity contribution < 1.29 is 14.3 Å². The van der Waals surface area contributed by atoms with Gasteiger partial charge < -0.3 is 20.3 Å². The van der Waals surface area contributed by atoms with E-state index >= 15 is 0 Å². The van der Waals surface area contributed by atoms with Crippen molar-refractivity contribution in [1.82, 2.24) is 10.2 Å². The van der Waals surface area contributed by atoms with Crippen molar-refractivity contribution in [2.75, 3.05) is 32.0 Å². The third-order valence-corrected chi connectivity index (χ3v) is 3.95. The number of benzene rings is 1. The SMILES string of the molecule is CNCCCC(=O)Nc1ccc(C(=O)N2CC(C)OC(C)C2)cc1.Cl. The number of ether oxygens (including phenoxy) is 1. The number of carbonyl (C=O) groups is 2. The molecule has 0 saturated carbocycles. The first-order valence-electron chi connectivity index (χ1n) is 8.49. The molecule has 140 valence electrons. The molecule has 1 saturated heterocycles. The molecule has 0 radical (unpaired) electrons. The van der Waals surface area contributed by atoms with E-state index in [-0.39, 0.29) is 36.4 Å². The molecule has 1 aromatic carbocycles. The molecule has 2 N–H and O–H groups in total. The summed E-state index contributed by atoms with van der Waals surface area (Å²) in [6, 6.07) is 7.07. The Bertz CT molecular complexity index is 555. The van der Waals surface area contributed by atoms with E-state index in [0.717, 1.165) is 13.0 Å². The molecule has 0 aliphatic carbocycles. The van der Waals surface area contributed by atoms with Crippen LogP contribution in [0.2, 0.25) is 0 Å². The maximum absolute atomic E-state index is 12.6. The average Bonchev–Trinajstić information content (AvgIpc) is 2.54. The fourth-order valence-corrected chi connectivity index (χ4v) is 2.87. The van der Waals surface area contributed by atoms with Crippen LogP contribution in [0.15, 0.2) is 24.3 Å². The van der Waals surface area contributed by atoms with Gasteiger partial charge in [0.15, 0.2) is 0 Å². The molecule has 0 bridgehead atoms. The summed E-state index contributed by atoms with van der Waals surface area (Å²) < 4.78 is 5.66. The monoisotopic (exact) mass is 369 g/mol. The molecule has 25 heavy (non-hydrogen) atoms. The first-order chi connectivity index (χ1) is 11.5. The van der Waals surface area contributed by atoms with Crippen molar-refractivity contribution in [2.45, 2.75) is 38.9 Å². The normalized spacial score (nSPS) is 19.9. The van der Waals surface area contributed by atoms with Crippen LogP contribution in [0.1, 0.15) is 37.0 Å².